The molecule has 1 heterocycles. The quantitative estimate of drug-likeness (QED) is 0.653. The van der Waals surface area contributed by atoms with Crippen LogP contribution in [0.4, 0.5) is 5.69 Å². The average Bonchev–Trinajstić information content (AvgIpc) is 2.75. The maximum absolute atomic E-state index is 12.7. The van der Waals surface area contributed by atoms with E-state index >= 15 is 0 Å². The highest BCUT2D eigenvalue weighted by Crippen LogP contribution is 2.21. The first-order valence-electron chi connectivity index (χ1n) is 9.59. The molecule has 1 aliphatic heterocycles. The van der Waals surface area contributed by atoms with E-state index in [-0.39, 0.29) is 35.2 Å². The summed E-state index contributed by atoms with van der Waals surface area (Å²) in [6, 6.07) is 11.6. The molecular formula is C20H25N3O6S2. The van der Waals surface area contributed by atoms with Gasteiger partial charge >= 0.3 is 0 Å². The van der Waals surface area contributed by atoms with E-state index in [1.807, 2.05) is 0 Å². The van der Waals surface area contributed by atoms with Gasteiger partial charge in [0.25, 0.3) is 10.0 Å². The highest BCUT2D eigenvalue weighted by Gasteiger charge is 2.26. The summed E-state index contributed by atoms with van der Waals surface area (Å²) in [6.07, 6.45) is 0.221. The number of carbonyl (C=O) groups excluding carboxylic acids is 1. The summed E-state index contributed by atoms with van der Waals surface area (Å²) in [4.78, 5) is 13.2. The van der Waals surface area contributed by atoms with Gasteiger partial charge in [-0.05, 0) is 42.0 Å². The van der Waals surface area contributed by atoms with Crippen molar-refractivity contribution in [1.82, 2.24) is 9.21 Å². The molecule has 0 aliphatic carbocycles. The number of sulfonamides is 2. The van der Waals surface area contributed by atoms with Crippen molar-refractivity contribution in [2.45, 2.75) is 16.2 Å². The second-order valence-corrected chi connectivity index (χ2v) is 10.9. The monoisotopic (exact) mass is 467 g/mol. The van der Waals surface area contributed by atoms with Gasteiger partial charge < -0.3 is 9.64 Å². The number of nitrogens with zero attached hydrogens (tertiary/aromatic N) is 2. The largest absolute Gasteiger partial charge is 0.379 e. The Balaban J connectivity index is 1.71. The molecule has 0 bridgehead atoms. The number of likely N-dealkylation sites (N-methyl/N-ethyl adjacent to an activating group) is 1. The van der Waals surface area contributed by atoms with E-state index < -0.39 is 20.0 Å². The first kappa shape index (κ1) is 23.2. The lowest BCUT2D eigenvalue weighted by molar-refractivity contribution is -0.127. The smallest absolute Gasteiger partial charge is 0.261 e. The van der Waals surface area contributed by atoms with Crippen molar-refractivity contribution in [1.29, 1.82) is 0 Å². The van der Waals surface area contributed by atoms with Gasteiger partial charge in [-0.3, -0.25) is 9.52 Å². The van der Waals surface area contributed by atoms with Crippen LogP contribution in [0.15, 0.2) is 58.3 Å². The number of morpholine rings is 1. The van der Waals surface area contributed by atoms with Crippen molar-refractivity contribution in [3.05, 3.63) is 54.1 Å². The summed E-state index contributed by atoms with van der Waals surface area (Å²) in [5.41, 5.74) is 1.10. The Kier molecular flexibility index (Phi) is 6.99. The lowest BCUT2D eigenvalue weighted by Gasteiger charge is -2.26. The molecule has 31 heavy (non-hydrogen) atoms. The van der Waals surface area contributed by atoms with Crippen molar-refractivity contribution < 1.29 is 26.4 Å². The van der Waals surface area contributed by atoms with Crippen LogP contribution in [0.3, 0.4) is 0 Å². The van der Waals surface area contributed by atoms with E-state index in [4.69, 9.17) is 4.74 Å². The molecule has 11 heteroatoms. The molecule has 1 aliphatic rings. The highest BCUT2D eigenvalue weighted by atomic mass is 32.2. The number of hydrogen-bond acceptors (Lipinski definition) is 6. The minimum absolute atomic E-state index is 0.0308. The molecule has 0 unspecified atom stereocenters. The van der Waals surface area contributed by atoms with E-state index in [1.165, 1.54) is 33.5 Å². The van der Waals surface area contributed by atoms with E-state index in [9.17, 15) is 21.6 Å². The molecule has 1 fully saturated rings. The van der Waals surface area contributed by atoms with Gasteiger partial charge in [0.1, 0.15) is 0 Å². The van der Waals surface area contributed by atoms with Gasteiger partial charge in [0.15, 0.2) is 0 Å². The molecule has 9 nitrogen and oxygen atoms in total. The van der Waals surface area contributed by atoms with Crippen LogP contribution in [0, 0.1) is 0 Å². The maximum Gasteiger partial charge on any atom is 0.261 e. The summed E-state index contributed by atoms with van der Waals surface area (Å²) >= 11 is 0. The molecule has 1 amide bonds. The van der Waals surface area contributed by atoms with Crippen LogP contribution in [0.5, 0.6) is 0 Å². The van der Waals surface area contributed by atoms with E-state index in [0.29, 0.717) is 18.9 Å². The Morgan fingerprint density at radius 1 is 0.935 bits per heavy atom. The lowest BCUT2D eigenvalue weighted by Crippen LogP contribution is -2.40. The van der Waals surface area contributed by atoms with E-state index in [1.54, 1.807) is 38.4 Å². The Bertz CT molecular complexity index is 1120. The van der Waals surface area contributed by atoms with Crippen LogP contribution in [0.25, 0.3) is 0 Å². The molecule has 3 rings (SSSR count). The Labute approximate surface area is 182 Å². The number of nitrogens with one attached hydrogen (secondary N) is 1. The fraction of sp³-hybridized carbons (Fsp3) is 0.350. The van der Waals surface area contributed by atoms with Crippen LogP contribution in [0.1, 0.15) is 5.56 Å². The maximum atomic E-state index is 12.7. The Morgan fingerprint density at radius 3 is 2.03 bits per heavy atom. The minimum atomic E-state index is -3.90. The van der Waals surface area contributed by atoms with Crippen molar-refractivity contribution in [3.63, 3.8) is 0 Å². The molecule has 0 radical (unpaired) electrons. The van der Waals surface area contributed by atoms with Crippen molar-refractivity contribution in [2.24, 2.45) is 0 Å². The zero-order valence-corrected chi connectivity index (χ0v) is 18.9. The van der Waals surface area contributed by atoms with Gasteiger partial charge in [-0.25, -0.2) is 16.8 Å². The van der Waals surface area contributed by atoms with Gasteiger partial charge in [-0.1, -0.05) is 12.1 Å². The zero-order valence-electron chi connectivity index (χ0n) is 17.3. The SMILES string of the molecule is CN(C)C(=O)Cc1ccc(NS(=O)(=O)c2ccc(S(=O)(=O)N3CCOCC3)cc2)cc1. The summed E-state index contributed by atoms with van der Waals surface area (Å²) < 4.78 is 59.6. The fourth-order valence-corrected chi connectivity index (χ4v) is 5.43. The molecular weight excluding hydrogens is 442 g/mol. The Morgan fingerprint density at radius 2 is 1.48 bits per heavy atom. The summed E-state index contributed by atoms with van der Waals surface area (Å²) in [7, 11) is -4.26. The number of anilines is 1. The number of carbonyl (C=O) groups is 1. The molecule has 0 atom stereocenters. The fourth-order valence-electron chi connectivity index (χ4n) is 2.96. The molecule has 0 spiro atoms. The molecule has 0 saturated carbocycles. The molecule has 2 aromatic carbocycles. The standard InChI is InChI=1S/C20H25N3O6S2/c1-22(2)20(24)15-16-3-5-17(6-4-16)21-30(25,26)18-7-9-19(10-8-18)31(27,28)23-11-13-29-14-12-23/h3-10,21H,11-15H2,1-2H3. The Hall–Kier alpha value is -2.47. The van der Waals surface area contributed by atoms with Crippen LogP contribution < -0.4 is 4.72 Å². The van der Waals surface area contributed by atoms with E-state index in [2.05, 4.69) is 4.72 Å². The third-order valence-corrected chi connectivity index (χ3v) is 8.11. The second-order valence-electron chi connectivity index (χ2n) is 7.26. The highest BCUT2D eigenvalue weighted by molar-refractivity contribution is 7.92. The van der Waals surface area contributed by atoms with Crippen LogP contribution in [0.2, 0.25) is 0 Å². The molecule has 0 aromatic heterocycles. The summed E-state index contributed by atoms with van der Waals surface area (Å²) in [5.74, 6) is -0.0551. The third kappa shape index (κ3) is 5.62. The van der Waals surface area contributed by atoms with Crippen LogP contribution in [-0.4, -0.2) is 72.3 Å². The predicted octanol–water partition coefficient (Wildman–Crippen LogP) is 1.14. The first-order valence-corrected chi connectivity index (χ1v) is 12.5. The number of rotatable bonds is 7. The number of ether oxygens (including phenoxy) is 1. The van der Waals surface area contributed by atoms with E-state index in [0.717, 1.165) is 5.56 Å². The second kappa shape index (κ2) is 9.35. The lowest BCUT2D eigenvalue weighted by atomic mass is 10.1. The van der Waals surface area contributed by atoms with Crippen molar-refractivity contribution in [2.75, 3.05) is 45.1 Å². The van der Waals surface area contributed by atoms with Gasteiger partial charge in [0.2, 0.25) is 15.9 Å². The van der Waals surface area contributed by atoms with Gasteiger partial charge in [-0.15, -0.1) is 0 Å². The predicted molar refractivity (Wildman–Crippen MR) is 116 cm³/mol. The normalized spacial score (nSPS) is 15.4. The molecule has 2 aromatic rings. The van der Waals surface area contributed by atoms with Crippen molar-refractivity contribution >= 4 is 31.6 Å². The number of amides is 1. The molecule has 168 valence electrons. The first-order chi connectivity index (χ1) is 14.6. The van der Waals surface area contributed by atoms with Crippen LogP contribution in [-0.2, 0) is 36.0 Å². The average molecular weight is 468 g/mol. The molecule has 1 saturated heterocycles. The zero-order chi connectivity index (χ0) is 22.6. The number of hydrogen-bond donors (Lipinski definition) is 1. The van der Waals surface area contributed by atoms with Gasteiger partial charge in [0.05, 0.1) is 29.4 Å². The topological polar surface area (TPSA) is 113 Å². The summed E-state index contributed by atoms with van der Waals surface area (Å²) in [6.45, 7) is 1.19. The van der Waals surface area contributed by atoms with Crippen molar-refractivity contribution in [3.8, 4) is 0 Å². The summed E-state index contributed by atoms with van der Waals surface area (Å²) in [5, 5.41) is 0. The third-order valence-electron chi connectivity index (χ3n) is 4.80. The van der Waals surface area contributed by atoms with Gasteiger partial charge in [-0.2, -0.15) is 4.31 Å². The van der Waals surface area contributed by atoms with Gasteiger partial charge in [0, 0.05) is 32.9 Å². The molecule has 1 N–H and O–H groups in total. The van der Waals surface area contributed by atoms with Crippen LogP contribution >= 0.6 is 0 Å². The minimum Gasteiger partial charge on any atom is -0.379 e. The number of benzene rings is 2.